The molecule has 0 saturated carbocycles. The van der Waals surface area contributed by atoms with Crippen LogP contribution < -0.4 is 10.1 Å². The number of alkyl halides is 2. The van der Waals surface area contributed by atoms with Gasteiger partial charge in [0.2, 0.25) is 0 Å². The van der Waals surface area contributed by atoms with Crippen LogP contribution in [0.2, 0.25) is 0 Å². The highest BCUT2D eigenvalue weighted by Crippen LogP contribution is 2.18. The maximum Gasteiger partial charge on any atom is 0.387 e. The second-order valence-corrected chi connectivity index (χ2v) is 5.27. The van der Waals surface area contributed by atoms with Crippen LogP contribution in [-0.4, -0.2) is 25.3 Å². The molecule has 0 aliphatic rings. The van der Waals surface area contributed by atoms with Gasteiger partial charge in [0.25, 0.3) is 5.91 Å². The van der Waals surface area contributed by atoms with Gasteiger partial charge in [-0.15, -0.1) is 0 Å². The Kier molecular flexibility index (Phi) is 7.02. The Morgan fingerprint density at radius 1 is 1.19 bits per heavy atom. The zero-order valence-electron chi connectivity index (χ0n) is 13.9. The van der Waals surface area contributed by atoms with E-state index >= 15 is 0 Å². The highest BCUT2D eigenvalue weighted by atomic mass is 19.3. The molecule has 0 radical (unpaired) electrons. The molecule has 1 unspecified atom stereocenters. The molecule has 5 nitrogen and oxygen atoms in total. The van der Waals surface area contributed by atoms with Crippen molar-refractivity contribution in [3.63, 3.8) is 0 Å². The van der Waals surface area contributed by atoms with Crippen LogP contribution in [0.3, 0.4) is 0 Å². The molecule has 0 aliphatic heterocycles. The van der Waals surface area contributed by atoms with Crippen molar-refractivity contribution >= 4 is 12.1 Å². The summed E-state index contributed by atoms with van der Waals surface area (Å²) in [5, 5.41) is 6.25. The maximum absolute atomic E-state index is 12.9. The number of hydrogen-bond donors (Lipinski definition) is 1. The van der Waals surface area contributed by atoms with Gasteiger partial charge in [0.15, 0.2) is 6.61 Å². The molecule has 0 aromatic heterocycles. The van der Waals surface area contributed by atoms with Crippen molar-refractivity contribution in [1.29, 1.82) is 0 Å². The average Bonchev–Trinajstić information content (AvgIpc) is 2.60. The summed E-state index contributed by atoms with van der Waals surface area (Å²) in [6.45, 7) is -1.57. The Balaban J connectivity index is 1.83. The first-order chi connectivity index (χ1) is 12.5. The summed E-state index contributed by atoms with van der Waals surface area (Å²) in [4.78, 5) is 16.7. The number of amides is 1. The molecular formula is C18H17F3N2O3. The highest BCUT2D eigenvalue weighted by Gasteiger charge is 2.10. The molecule has 1 N–H and O–H groups in total. The summed E-state index contributed by atoms with van der Waals surface area (Å²) in [6, 6.07) is 11.5. The van der Waals surface area contributed by atoms with Crippen LogP contribution in [-0.2, 0) is 9.63 Å². The van der Waals surface area contributed by atoms with E-state index in [2.05, 4.69) is 15.2 Å². The number of para-hydroxylation sites is 1. The van der Waals surface area contributed by atoms with Gasteiger partial charge in [0.1, 0.15) is 11.6 Å². The second-order valence-electron chi connectivity index (χ2n) is 5.27. The topological polar surface area (TPSA) is 59.9 Å². The van der Waals surface area contributed by atoms with E-state index in [9.17, 15) is 18.0 Å². The molecule has 2 aromatic rings. The zero-order valence-corrected chi connectivity index (χ0v) is 13.9. The van der Waals surface area contributed by atoms with Crippen molar-refractivity contribution < 1.29 is 27.5 Å². The van der Waals surface area contributed by atoms with Crippen LogP contribution in [0.25, 0.3) is 0 Å². The van der Waals surface area contributed by atoms with Gasteiger partial charge >= 0.3 is 6.61 Å². The number of nitrogens with zero attached hydrogens (tertiary/aromatic N) is 1. The first kappa shape index (κ1) is 19.3. The van der Waals surface area contributed by atoms with Crippen LogP contribution in [0, 0.1) is 5.82 Å². The minimum atomic E-state index is -2.95. The van der Waals surface area contributed by atoms with E-state index in [1.54, 1.807) is 31.2 Å². The minimum absolute atomic E-state index is 0.0516. The van der Waals surface area contributed by atoms with E-state index in [-0.39, 0.29) is 29.8 Å². The number of ether oxygens (including phenoxy) is 1. The maximum atomic E-state index is 12.9. The van der Waals surface area contributed by atoms with Gasteiger partial charge < -0.3 is 14.9 Å². The first-order valence-electron chi connectivity index (χ1n) is 7.69. The lowest BCUT2D eigenvalue weighted by atomic mass is 10.1. The highest BCUT2D eigenvalue weighted by molar-refractivity contribution is 5.83. The van der Waals surface area contributed by atoms with Gasteiger partial charge in [-0.3, -0.25) is 4.79 Å². The van der Waals surface area contributed by atoms with Crippen molar-refractivity contribution in [3.8, 4) is 5.75 Å². The Bertz CT molecular complexity index is 752. The van der Waals surface area contributed by atoms with Gasteiger partial charge in [-0.25, -0.2) is 4.39 Å². The average molecular weight is 366 g/mol. The third-order valence-corrected chi connectivity index (χ3v) is 3.34. The molecule has 26 heavy (non-hydrogen) atoms. The summed E-state index contributed by atoms with van der Waals surface area (Å²) in [6.07, 6.45) is 1.17. The number of rotatable bonds is 8. The molecule has 2 aromatic carbocycles. The quantitative estimate of drug-likeness (QED) is 0.573. The van der Waals surface area contributed by atoms with Gasteiger partial charge in [0, 0.05) is 5.56 Å². The van der Waals surface area contributed by atoms with E-state index in [0.29, 0.717) is 0 Å². The SMILES string of the molecule is CC(NC(=O)CO/N=C/c1ccccc1OC(F)F)c1ccc(F)cc1. The third-order valence-electron chi connectivity index (χ3n) is 3.34. The number of nitrogens with one attached hydrogen (secondary N) is 1. The molecule has 0 spiro atoms. The summed E-state index contributed by atoms with van der Waals surface area (Å²) >= 11 is 0. The summed E-state index contributed by atoms with van der Waals surface area (Å²) in [5.41, 5.74) is 1.02. The number of halogens is 3. The molecule has 1 amide bonds. The molecule has 0 fully saturated rings. The Hall–Kier alpha value is -3.03. The summed E-state index contributed by atoms with van der Waals surface area (Å²) in [5.74, 6) is -0.846. The largest absolute Gasteiger partial charge is 0.434 e. The molecule has 2 rings (SSSR count). The molecule has 0 saturated heterocycles. The molecule has 0 aliphatic carbocycles. The fraction of sp³-hybridized carbons (Fsp3) is 0.222. The van der Waals surface area contributed by atoms with Gasteiger partial charge in [-0.05, 0) is 36.8 Å². The molecular weight excluding hydrogens is 349 g/mol. The van der Waals surface area contributed by atoms with Crippen molar-refractivity contribution in [2.75, 3.05) is 6.61 Å². The normalized spacial score (nSPS) is 12.2. The fourth-order valence-electron chi connectivity index (χ4n) is 2.10. The van der Waals surface area contributed by atoms with Crippen molar-refractivity contribution in [2.45, 2.75) is 19.6 Å². The molecule has 8 heteroatoms. The summed E-state index contributed by atoms with van der Waals surface area (Å²) < 4.78 is 41.8. The van der Waals surface area contributed by atoms with E-state index in [1.807, 2.05) is 0 Å². The molecule has 0 bridgehead atoms. The van der Waals surface area contributed by atoms with Crippen molar-refractivity contribution in [1.82, 2.24) is 5.32 Å². The van der Waals surface area contributed by atoms with Gasteiger partial charge in [-0.2, -0.15) is 8.78 Å². The minimum Gasteiger partial charge on any atom is -0.434 e. The monoisotopic (exact) mass is 366 g/mol. The van der Waals surface area contributed by atoms with E-state index in [0.717, 1.165) is 5.56 Å². The van der Waals surface area contributed by atoms with Gasteiger partial charge in [-0.1, -0.05) is 29.4 Å². The van der Waals surface area contributed by atoms with E-state index in [1.165, 1.54) is 30.5 Å². The predicted molar refractivity (Wildman–Crippen MR) is 89.6 cm³/mol. The number of carbonyl (C=O) groups excluding carboxylic acids is 1. The van der Waals surface area contributed by atoms with Crippen LogP contribution >= 0.6 is 0 Å². The van der Waals surface area contributed by atoms with E-state index < -0.39 is 12.5 Å². The number of carbonyl (C=O) groups is 1. The molecule has 138 valence electrons. The molecule has 1 atom stereocenters. The van der Waals surface area contributed by atoms with Crippen LogP contribution in [0.1, 0.15) is 24.1 Å². The standard InChI is InChI=1S/C18H17F3N2O3/c1-12(13-6-8-15(19)9-7-13)23-17(24)11-25-22-10-14-4-2-3-5-16(14)26-18(20)21/h2-10,12,18H,11H2,1H3,(H,23,24)/b22-10+. The number of oxime groups is 1. The lowest BCUT2D eigenvalue weighted by molar-refractivity contribution is -0.126. The Morgan fingerprint density at radius 3 is 2.58 bits per heavy atom. The summed E-state index contributed by atoms with van der Waals surface area (Å²) in [7, 11) is 0. The second kappa shape index (κ2) is 9.45. The number of benzene rings is 2. The fourth-order valence-corrected chi connectivity index (χ4v) is 2.10. The Labute approximate surface area is 148 Å². The third kappa shape index (κ3) is 6.12. The lowest BCUT2D eigenvalue weighted by Gasteiger charge is -2.13. The Morgan fingerprint density at radius 2 is 1.88 bits per heavy atom. The number of hydrogen-bond acceptors (Lipinski definition) is 4. The zero-order chi connectivity index (χ0) is 18.9. The van der Waals surface area contributed by atoms with Crippen molar-refractivity contribution in [2.24, 2.45) is 5.16 Å². The van der Waals surface area contributed by atoms with E-state index in [4.69, 9.17) is 4.84 Å². The van der Waals surface area contributed by atoms with Crippen LogP contribution in [0.5, 0.6) is 5.75 Å². The van der Waals surface area contributed by atoms with Crippen molar-refractivity contribution in [3.05, 3.63) is 65.5 Å². The van der Waals surface area contributed by atoms with Crippen LogP contribution in [0.15, 0.2) is 53.7 Å². The molecule has 0 heterocycles. The first-order valence-corrected chi connectivity index (χ1v) is 7.69. The van der Waals surface area contributed by atoms with Crippen LogP contribution in [0.4, 0.5) is 13.2 Å². The predicted octanol–water partition coefficient (Wildman–Crippen LogP) is 3.66. The smallest absolute Gasteiger partial charge is 0.387 e. The van der Waals surface area contributed by atoms with Gasteiger partial charge in [0.05, 0.1) is 12.3 Å². The lowest BCUT2D eigenvalue weighted by Crippen LogP contribution is -2.29.